The Bertz CT molecular complexity index is 4950. The van der Waals surface area contributed by atoms with Crippen LogP contribution in [-0.2, 0) is 106 Å². The fourth-order valence-electron chi connectivity index (χ4n) is 16.1. The zero-order chi connectivity index (χ0) is 101. The van der Waals surface area contributed by atoms with Crippen molar-refractivity contribution in [2.75, 3.05) is 57.4 Å². The molecule has 0 unspecified atom stereocenters. The molecule has 46 heteroatoms. The molecular formula is C92H140N24O21S. The van der Waals surface area contributed by atoms with Gasteiger partial charge in [-0.25, -0.2) is 4.98 Å². The van der Waals surface area contributed by atoms with Gasteiger partial charge in [-0.2, -0.15) is 0 Å². The van der Waals surface area contributed by atoms with Crippen LogP contribution in [0.2, 0.25) is 0 Å². The first-order valence-electron chi connectivity index (χ1n) is 47.1. The van der Waals surface area contributed by atoms with Crippen molar-refractivity contribution < 1.29 is 102 Å². The number of rotatable bonds is 33. The molecule has 5 aromatic rings. The third-order valence-corrected chi connectivity index (χ3v) is 24.5. The van der Waals surface area contributed by atoms with E-state index < -0.39 is 253 Å². The number of hydrogen-bond donors (Lipinski definition) is 25. The lowest BCUT2D eigenvalue weighted by Crippen LogP contribution is -2.62. The Labute approximate surface area is 804 Å². The number of nitrogens with one attached hydrogen (secondary N) is 18. The molecule has 2 aromatic carbocycles. The minimum atomic E-state index is -1.86. The summed E-state index contributed by atoms with van der Waals surface area (Å²) in [6.45, 7) is 11.0. The molecule has 17 amide bonds. The summed E-state index contributed by atoms with van der Waals surface area (Å²) in [6.07, 6.45) is 5.07. The number of fused-ring (bicyclic) bond motifs is 3. The Morgan fingerprint density at radius 1 is 0.457 bits per heavy atom. The molecule has 0 radical (unpaired) electrons. The van der Waals surface area contributed by atoms with Crippen molar-refractivity contribution in [3.63, 3.8) is 0 Å². The van der Waals surface area contributed by atoms with E-state index in [2.05, 4.69) is 99.7 Å². The summed E-state index contributed by atoms with van der Waals surface area (Å²) >= 11 is 0.767. The van der Waals surface area contributed by atoms with Crippen LogP contribution in [0.3, 0.4) is 0 Å². The Balaban J connectivity index is 1.29. The van der Waals surface area contributed by atoms with Crippen molar-refractivity contribution in [3.05, 3.63) is 90.3 Å². The lowest BCUT2D eigenvalue weighted by Gasteiger charge is -2.31. The van der Waals surface area contributed by atoms with E-state index >= 15 is 14.4 Å². The van der Waals surface area contributed by atoms with Gasteiger partial charge in [0, 0.05) is 84.1 Å². The smallest absolute Gasteiger partial charge is 0.303 e. The van der Waals surface area contributed by atoms with E-state index in [1.165, 1.54) is 17.4 Å². The van der Waals surface area contributed by atoms with Crippen LogP contribution in [0, 0.1) is 23.7 Å². The third kappa shape index (κ3) is 35.7. The molecule has 0 spiro atoms. The van der Waals surface area contributed by atoms with Gasteiger partial charge in [-0.15, -0.1) is 11.8 Å². The molecule has 760 valence electrons. The van der Waals surface area contributed by atoms with E-state index in [1.807, 2.05) is 0 Å². The Kier molecular flexibility index (Phi) is 46.3. The molecule has 0 bridgehead atoms. The summed E-state index contributed by atoms with van der Waals surface area (Å²) in [4.78, 5) is 276. The standard InChI is InChI=1S/C92H140N24O21S/c1-49(2)34-64-83(128)112-70(44-117)88(133)103-60(24-13-16-30-93)79(124)105-63(28-29-76(121)122)82(127)108-65(35-50(3)4)85(130)114-72(78(123)100-43-74(96)119)46-138-47-75(120)102-67(37-53-40-98-58-22-11-9-20-56(53)58)87(132)115-77(52(7)8)91(136)110-66(36-51(5)6)84(129)113-71(45-118)89(134)104-61(25-14-17-31-94)80(125)109-68(38-54-41-99-59-23-12-10-21-57(54)59)86(131)111-69(39-55-42-97-48-101-55)92(137)116-33-19-27-73(116)90(135)106-62(81(126)107-64)26-15-18-32-95/h9-12,20-23,40-42,48-52,60-73,77,98-99,117-118H,13-19,24-39,43-47,93-95H2,1-8H3,(H2,96,119)(H,97,101)(H,100,123)(H,102,120)(H,103,133)(H,104,134)(H,105,124)(H,106,135)(H,107,126)(H,108,127)(H,109,125)(H,110,136)(H,111,131)(H,112,128)(H,113,129)(H,114,130)(H,115,132)(H,121,122)/t60-,61-,62-,63-,64-,65-,66-,67+,68-,69-,70-,71-,72-,73-,77-/m0/s1. The highest BCUT2D eigenvalue weighted by molar-refractivity contribution is 8.00. The summed E-state index contributed by atoms with van der Waals surface area (Å²) in [5, 5.41) is 72.4. The number of carbonyl (C=O) groups is 18. The predicted octanol–water partition coefficient (Wildman–Crippen LogP) is -3.44. The number of aromatic nitrogens is 4. The van der Waals surface area contributed by atoms with Crippen LogP contribution in [0.4, 0.5) is 0 Å². The molecule has 2 fully saturated rings. The number of aliphatic hydroxyl groups excluding tert-OH is 2. The maximum atomic E-state index is 15.5. The number of benzene rings is 2. The maximum Gasteiger partial charge on any atom is 0.303 e. The minimum absolute atomic E-state index is 0.0397. The van der Waals surface area contributed by atoms with Gasteiger partial charge in [0.15, 0.2) is 0 Å². The highest BCUT2D eigenvalue weighted by Gasteiger charge is 2.43. The van der Waals surface area contributed by atoms with Gasteiger partial charge < -0.3 is 138 Å². The van der Waals surface area contributed by atoms with Gasteiger partial charge in [0.05, 0.1) is 31.8 Å². The second-order valence-electron chi connectivity index (χ2n) is 36.4. The van der Waals surface area contributed by atoms with Crippen molar-refractivity contribution in [2.24, 2.45) is 46.6 Å². The van der Waals surface area contributed by atoms with Gasteiger partial charge in [-0.3, -0.25) is 86.3 Å². The largest absolute Gasteiger partial charge is 0.481 e. The van der Waals surface area contributed by atoms with Gasteiger partial charge in [0.2, 0.25) is 100 Å². The summed E-state index contributed by atoms with van der Waals surface area (Å²) in [5.41, 5.74) is 25.9. The van der Waals surface area contributed by atoms with Crippen LogP contribution in [0.1, 0.15) is 175 Å². The number of imidazole rings is 1. The predicted molar refractivity (Wildman–Crippen MR) is 511 cm³/mol. The van der Waals surface area contributed by atoms with Crippen LogP contribution in [0.5, 0.6) is 0 Å². The van der Waals surface area contributed by atoms with Crippen molar-refractivity contribution in [2.45, 2.75) is 268 Å². The average molecular weight is 1950 g/mol. The first-order valence-corrected chi connectivity index (χ1v) is 48.2. The first-order chi connectivity index (χ1) is 65.8. The van der Waals surface area contributed by atoms with Gasteiger partial charge in [-0.05, 0) is 163 Å². The van der Waals surface area contributed by atoms with Crippen LogP contribution in [-0.4, -0.2) is 295 Å². The number of aliphatic hydroxyl groups is 2. The normalized spacial score (nSPS) is 24.2. The number of carboxylic acids is 1. The van der Waals surface area contributed by atoms with Gasteiger partial charge in [0.25, 0.3) is 0 Å². The highest BCUT2D eigenvalue weighted by atomic mass is 32.2. The molecule has 138 heavy (non-hydrogen) atoms. The number of nitrogens with zero attached hydrogens (tertiary/aromatic N) is 2. The Morgan fingerprint density at radius 3 is 1.28 bits per heavy atom. The van der Waals surface area contributed by atoms with E-state index in [1.54, 1.807) is 116 Å². The number of aromatic amines is 3. The zero-order valence-electron chi connectivity index (χ0n) is 79.5. The number of hydrogen-bond acceptors (Lipinski definition) is 25. The third-order valence-electron chi connectivity index (χ3n) is 23.4. The molecule has 2 saturated heterocycles. The maximum absolute atomic E-state index is 15.5. The van der Waals surface area contributed by atoms with E-state index in [0.717, 1.165) is 11.8 Å². The van der Waals surface area contributed by atoms with Crippen molar-refractivity contribution in [1.82, 2.24) is 105 Å². The lowest BCUT2D eigenvalue weighted by molar-refractivity contribution is -0.142. The molecule has 0 aliphatic carbocycles. The Morgan fingerprint density at radius 2 is 0.848 bits per heavy atom. The zero-order valence-corrected chi connectivity index (χ0v) is 80.3. The summed E-state index contributed by atoms with van der Waals surface area (Å²) in [6, 6.07) is -9.33. The van der Waals surface area contributed by atoms with Crippen LogP contribution in [0.25, 0.3) is 21.8 Å². The number of primary amides is 1. The van der Waals surface area contributed by atoms with Crippen LogP contribution in [0.15, 0.2) is 73.4 Å². The van der Waals surface area contributed by atoms with Crippen LogP contribution >= 0.6 is 11.8 Å². The monoisotopic (exact) mass is 1950 g/mol. The second kappa shape index (κ2) is 56.9. The van der Waals surface area contributed by atoms with Crippen molar-refractivity contribution in [3.8, 4) is 0 Å². The van der Waals surface area contributed by atoms with E-state index in [4.69, 9.17) is 22.9 Å². The fourth-order valence-corrected chi connectivity index (χ4v) is 17.0. The highest BCUT2D eigenvalue weighted by Crippen LogP contribution is 2.26. The van der Waals surface area contributed by atoms with Crippen molar-refractivity contribution >= 4 is 140 Å². The molecule has 15 atom stereocenters. The minimum Gasteiger partial charge on any atom is -0.481 e. The molecular weight excluding hydrogens is 1810 g/mol. The quantitative estimate of drug-likeness (QED) is 0.0182. The SMILES string of the molecule is CC(C)C[C@@H]1NC(=O)[C@H](CCC(=O)O)NC(=O)[C@H](CCCCN)NC(=O)[C@H](CO)NC(=O)[C@H](CC(C)C)NC(=O)[C@H](CCCCN)NC(=O)[C@@H]2CCCN2C(=O)[C@H](Cc2cnc[nH]2)NC(=O)[C@H](Cc2c[nH]c3ccccc23)NC(=O)[C@H](CCCCN)NC(=O)[C@H](CO)NC(=O)[C@H](CC(C)C)NC(=O)[C@H](C(C)C)NC(=O)[C@@H](Cc2c[nH]c3ccccc23)NC(=O)CSC[C@@H](C(=O)NCC(N)=O)NC1=O. The Hall–Kier alpha value is -12.7. The van der Waals surface area contributed by atoms with Crippen molar-refractivity contribution in [1.29, 1.82) is 0 Å². The average Bonchev–Trinajstić information content (AvgIpc) is 1.63. The number of carboxylic acid groups (broad SMARTS) is 1. The van der Waals surface area contributed by atoms with E-state index in [-0.39, 0.29) is 134 Å². The number of aliphatic carboxylic acids is 1. The fraction of sp³-hybridized carbons (Fsp3) is 0.598. The summed E-state index contributed by atoms with van der Waals surface area (Å²) in [5.74, 6) is -20.6. The topological polar surface area (TPSA) is 716 Å². The number of H-pyrrole nitrogens is 3. The molecule has 2 aliphatic heterocycles. The number of nitrogens with two attached hydrogens (primary N) is 4. The molecule has 0 saturated carbocycles. The molecule has 29 N–H and O–H groups in total. The lowest BCUT2D eigenvalue weighted by atomic mass is 9.98. The molecule has 7 rings (SSSR count). The van der Waals surface area contributed by atoms with Gasteiger partial charge in [0.1, 0.15) is 90.6 Å². The van der Waals surface area contributed by atoms with Gasteiger partial charge >= 0.3 is 5.97 Å². The van der Waals surface area contributed by atoms with Gasteiger partial charge in [-0.1, -0.05) is 91.8 Å². The number of carbonyl (C=O) groups excluding carboxylic acids is 17. The number of para-hydroxylation sites is 2. The molecule has 45 nitrogen and oxygen atoms in total. The number of thioether (sulfide) groups is 1. The number of amides is 17. The molecule has 2 aliphatic rings. The summed E-state index contributed by atoms with van der Waals surface area (Å²) in [7, 11) is 0. The first kappa shape index (κ1) is 112. The molecule has 3 aromatic heterocycles. The van der Waals surface area contributed by atoms with Crippen LogP contribution < -0.4 is 103 Å². The molecule has 5 heterocycles. The number of unbranched alkanes of at least 4 members (excludes halogenated alkanes) is 3. The second-order valence-corrected chi connectivity index (χ2v) is 37.5. The van der Waals surface area contributed by atoms with E-state index in [9.17, 15) is 87.2 Å². The summed E-state index contributed by atoms with van der Waals surface area (Å²) < 4.78 is 0. The van der Waals surface area contributed by atoms with E-state index in [0.29, 0.717) is 51.5 Å².